The van der Waals surface area contributed by atoms with Crippen LogP contribution in [0.2, 0.25) is 0 Å². The van der Waals surface area contributed by atoms with E-state index in [9.17, 15) is 4.79 Å². The van der Waals surface area contributed by atoms with E-state index in [2.05, 4.69) is 0 Å². The number of nitrogens with one attached hydrogen (secondary N) is 1. The van der Waals surface area contributed by atoms with Crippen LogP contribution in [0.5, 0.6) is 0 Å². The lowest BCUT2D eigenvalue weighted by Crippen LogP contribution is -2.30. The first-order valence-electron chi connectivity index (χ1n) is 4.15. The first kappa shape index (κ1) is 9.77. The number of carbonyl (C=O) groups is 1. The third kappa shape index (κ3) is 1.32. The highest BCUT2D eigenvalue weighted by Gasteiger charge is 2.45. The van der Waals surface area contributed by atoms with E-state index in [4.69, 9.17) is 15.3 Å². The molecule has 1 aliphatic heterocycles. The Labute approximate surface area is 76.7 Å². The zero-order valence-corrected chi connectivity index (χ0v) is 7.97. The molecule has 0 spiro atoms. The Hall–Kier alpha value is -1.32. The normalized spacial score (nSPS) is 31.9. The number of allylic oxidation sites excluding steroid dienone is 1. The molecule has 1 atom stereocenters. The maximum absolute atomic E-state index is 11.2. The van der Waals surface area contributed by atoms with Crippen LogP contribution in [-0.2, 0) is 9.53 Å². The molecule has 2 N–H and O–H groups in total. The lowest BCUT2D eigenvalue weighted by Gasteiger charge is -2.19. The number of hydrogen-bond acceptors (Lipinski definition) is 4. The zero-order chi connectivity index (χ0) is 10.2. The highest BCUT2D eigenvalue weighted by molar-refractivity contribution is 6.26. The molecule has 13 heavy (non-hydrogen) atoms. The number of esters is 1. The molecule has 1 rings (SSSR count). The van der Waals surface area contributed by atoms with Crippen LogP contribution in [0, 0.1) is 5.41 Å². The Morgan fingerprint density at radius 1 is 1.69 bits per heavy atom. The van der Waals surface area contributed by atoms with Gasteiger partial charge in [-0.05, 0) is 20.3 Å². The number of rotatable bonds is 1. The van der Waals surface area contributed by atoms with Gasteiger partial charge in [-0.25, -0.2) is 4.79 Å². The fraction of sp³-hybridized carbons (Fsp3) is 0.556. The summed E-state index contributed by atoms with van der Waals surface area (Å²) in [7, 11) is 0. The first-order chi connectivity index (χ1) is 5.92. The van der Waals surface area contributed by atoms with E-state index < -0.39 is 11.6 Å². The third-order valence-electron chi connectivity index (χ3n) is 2.34. The third-order valence-corrected chi connectivity index (χ3v) is 2.34. The maximum atomic E-state index is 11.2. The minimum Gasteiger partial charge on any atom is -0.512 e. The number of aliphatic hydroxyl groups excluding tert-OH is 1. The number of cyclic esters (lactones) is 1. The number of aliphatic hydroxyl groups is 1. The van der Waals surface area contributed by atoms with Crippen LogP contribution < -0.4 is 0 Å². The second-order valence-electron chi connectivity index (χ2n) is 3.31. The summed E-state index contributed by atoms with van der Waals surface area (Å²) in [5.41, 5.74) is -0.791. The fourth-order valence-electron chi connectivity index (χ4n) is 1.25. The molecule has 1 heterocycles. The monoisotopic (exact) mass is 183 g/mol. The summed E-state index contributed by atoms with van der Waals surface area (Å²) in [5.74, 6) is -0.749. The van der Waals surface area contributed by atoms with Crippen LogP contribution in [0.3, 0.4) is 0 Å². The van der Waals surface area contributed by atoms with Crippen LogP contribution in [0.4, 0.5) is 0 Å². The molecule has 1 fully saturated rings. The highest BCUT2D eigenvalue weighted by atomic mass is 16.6. The Morgan fingerprint density at radius 3 is 2.46 bits per heavy atom. The van der Waals surface area contributed by atoms with Crippen molar-refractivity contribution in [2.45, 2.75) is 32.8 Å². The lowest BCUT2D eigenvalue weighted by molar-refractivity contribution is -0.143. The Balaban J connectivity index is 3.17. The Kier molecular flexibility index (Phi) is 2.15. The number of ether oxygens (including phenoxy) is 1. The second-order valence-corrected chi connectivity index (χ2v) is 3.31. The zero-order valence-electron chi connectivity index (χ0n) is 7.97. The molecule has 72 valence electrons. The molecule has 4 heteroatoms. The van der Waals surface area contributed by atoms with E-state index in [1.54, 1.807) is 6.92 Å². The van der Waals surface area contributed by atoms with Crippen LogP contribution in [-0.4, -0.2) is 22.4 Å². The Bertz CT molecular complexity index is 302. The van der Waals surface area contributed by atoms with E-state index in [-0.39, 0.29) is 17.0 Å². The molecule has 4 nitrogen and oxygen atoms in total. The van der Waals surface area contributed by atoms with Gasteiger partial charge < -0.3 is 15.3 Å². The van der Waals surface area contributed by atoms with Gasteiger partial charge >= 0.3 is 5.97 Å². The Morgan fingerprint density at radius 2 is 2.23 bits per heavy atom. The molecule has 0 aromatic carbocycles. The summed E-state index contributed by atoms with van der Waals surface area (Å²) < 4.78 is 5.00. The summed E-state index contributed by atoms with van der Waals surface area (Å²) in [6.07, 6.45) is 0.536. The SMILES string of the molecule is CCC1(C)OC(=O)/C(=C(\C)O)C1=N. The predicted molar refractivity (Wildman–Crippen MR) is 47.8 cm³/mol. The van der Waals surface area contributed by atoms with Gasteiger partial charge in [0.05, 0.1) is 5.71 Å². The van der Waals surface area contributed by atoms with Gasteiger partial charge in [-0.2, -0.15) is 0 Å². The molecular weight excluding hydrogens is 170 g/mol. The molecule has 0 saturated carbocycles. The van der Waals surface area contributed by atoms with Crippen molar-refractivity contribution >= 4 is 11.7 Å². The molecule has 0 amide bonds. The highest BCUT2D eigenvalue weighted by Crippen LogP contribution is 2.30. The summed E-state index contributed by atoms with van der Waals surface area (Å²) in [5, 5.41) is 16.8. The fourth-order valence-corrected chi connectivity index (χ4v) is 1.25. The van der Waals surface area contributed by atoms with E-state index >= 15 is 0 Å². The van der Waals surface area contributed by atoms with Gasteiger partial charge in [-0.15, -0.1) is 0 Å². The van der Waals surface area contributed by atoms with E-state index in [0.717, 1.165) is 0 Å². The van der Waals surface area contributed by atoms with Crippen molar-refractivity contribution in [1.29, 1.82) is 5.41 Å². The average Bonchev–Trinajstić information content (AvgIpc) is 2.24. The average molecular weight is 183 g/mol. The molecule has 1 unspecified atom stereocenters. The minimum atomic E-state index is -0.865. The maximum Gasteiger partial charge on any atom is 0.344 e. The van der Waals surface area contributed by atoms with Gasteiger partial charge in [-0.3, -0.25) is 0 Å². The van der Waals surface area contributed by atoms with E-state index in [1.165, 1.54) is 6.92 Å². The van der Waals surface area contributed by atoms with Crippen molar-refractivity contribution in [1.82, 2.24) is 0 Å². The number of carbonyl (C=O) groups excluding carboxylic acids is 1. The molecule has 0 aromatic heterocycles. The molecule has 0 aromatic rings. The first-order valence-corrected chi connectivity index (χ1v) is 4.15. The quantitative estimate of drug-likeness (QED) is 0.368. The molecule has 0 aliphatic carbocycles. The van der Waals surface area contributed by atoms with Crippen molar-refractivity contribution in [2.24, 2.45) is 0 Å². The smallest absolute Gasteiger partial charge is 0.344 e. The number of hydrogen-bond donors (Lipinski definition) is 2. The van der Waals surface area contributed by atoms with Gasteiger partial charge in [0.15, 0.2) is 5.60 Å². The van der Waals surface area contributed by atoms with Crippen LogP contribution in [0.15, 0.2) is 11.3 Å². The standard InChI is InChI=1S/C9H13NO3/c1-4-9(3)7(10)6(5(2)11)8(12)13-9/h10-11H,4H2,1-3H3/b6-5+,10-7?. The van der Waals surface area contributed by atoms with Crippen molar-refractivity contribution in [3.05, 3.63) is 11.3 Å². The second kappa shape index (κ2) is 2.87. The summed E-state index contributed by atoms with van der Waals surface area (Å²) in [4.78, 5) is 11.2. The topological polar surface area (TPSA) is 70.4 Å². The predicted octanol–water partition coefficient (Wildman–Crippen LogP) is 1.56. The summed E-state index contributed by atoms with van der Waals surface area (Å²) in [6.45, 7) is 4.88. The van der Waals surface area contributed by atoms with Crippen LogP contribution in [0.25, 0.3) is 0 Å². The summed E-state index contributed by atoms with van der Waals surface area (Å²) >= 11 is 0. The van der Waals surface area contributed by atoms with Gasteiger partial charge in [0, 0.05) is 0 Å². The van der Waals surface area contributed by atoms with Crippen molar-refractivity contribution in [3.8, 4) is 0 Å². The van der Waals surface area contributed by atoms with Gasteiger partial charge in [0.2, 0.25) is 0 Å². The van der Waals surface area contributed by atoms with E-state index in [0.29, 0.717) is 6.42 Å². The van der Waals surface area contributed by atoms with Crippen LogP contribution >= 0.6 is 0 Å². The molecule has 1 saturated heterocycles. The van der Waals surface area contributed by atoms with Gasteiger partial charge in [0.1, 0.15) is 11.3 Å². The molecule has 0 bridgehead atoms. The van der Waals surface area contributed by atoms with Gasteiger partial charge in [0.25, 0.3) is 0 Å². The van der Waals surface area contributed by atoms with E-state index in [1.807, 2.05) is 6.92 Å². The lowest BCUT2D eigenvalue weighted by atomic mass is 9.94. The van der Waals surface area contributed by atoms with Crippen LogP contribution in [0.1, 0.15) is 27.2 Å². The summed E-state index contributed by atoms with van der Waals surface area (Å²) in [6, 6.07) is 0. The van der Waals surface area contributed by atoms with Gasteiger partial charge in [-0.1, -0.05) is 6.92 Å². The minimum absolute atomic E-state index is 0.00403. The largest absolute Gasteiger partial charge is 0.512 e. The van der Waals surface area contributed by atoms with Crippen molar-refractivity contribution in [3.63, 3.8) is 0 Å². The van der Waals surface area contributed by atoms with Crippen molar-refractivity contribution in [2.75, 3.05) is 0 Å². The molecule has 0 radical (unpaired) electrons. The van der Waals surface area contributed by atoms with Crippen molar-refractivity contribution < 1.29 is 14.6 Å². The molecule has 1 aliphatic rings. The molecular formula is C9H13NO3.